The Hall–Kier alpha value is -3.94. The molecule has 1 heterocycles. The Morgan fingerprint density at radius 1 is 1.08 bits per heavy atom. The Balaban J connectivity index is 1.73. The summed E-state index contributed by atoms with van der Waals surface area (Å²) in [5.41, 5.74) is 7.77. The van der Waals surface area contributed by atoms with Crippen molar-refractivity contribution in [3.63, 3.8) is 0 Å². The quantitative estimate of drug-likeness (QED) is 0.164. The maximum absolute atomic E-state index is 13.4. The first-order valence-electron chi connectivity index (χ1n) is 12.3. The highest BCUT2D eigenvalue weighted by atomic mass is 16.4. The normalized spacial score (nSPS) is 15.2. The number of carbonyl (C=O) groups is 3. The zero-order valence-electron chi connectivity index (χ0n) is 20.6. The number of benzene rings is 2. The van der Waals surface area contributed by atoms with Crippen molar-refractivity contribution < 1.29 is 19.5 Å². The van der Waals surface area contributed by atoms with E-state index in [9.17, 15) is 14.4 Å². The molecule has 2 aromatic rings. The summed E-state index contributed by atoms with van der Waals surface area (Å²) in [5.74, 6) is -0.967. The van der Waals surface area contributed by atoms with E-state index in [0.717, 1.165) is 5.56 Å². The van der Waals surface area contributed by atoms with Gasteiger partial charge in [-0.15, -0.1) is 0 Å². The van der Waals surface area contributed by atoms with Crippen molar-refractivity contribution in [3.05, 3.63) is 77.0 Å². The van der Waals surface area contributed by atoms with Crippen molar-refractivity contribution >= 4 is 29.6 Å². The van der Waals surface area contributed by atoms with Crippen LogP contribution < -0.4 is 11.1 Å². The van der Waals surface area contributed by atoms with Crippen molar-refractivity contribution in [1.29, 1.82) is 5.41 Å². The second-order valence-corrected chi connectivity index (χ2v) is 9.16. The maximum Gasteiger partial charge on any atom is 0.303 e. The predicted octanol–water partition coefficient (Wildman–Crippen LogP) is 3.67. The van der Waals surface area contributed by atoms with Gasteiger partial charge in [0.25, 0.3) is 0 Å². The van der Waals surface area contributed by atoms with Crippen LogP contribution in [0.1, 0.15) is 60.5 Å². The third-order valence-corrected chi connectivity index (χ3v) is 6.52. The van der Waals surface area contributed by atoms with E-state index in [1.807, 2.05) is 37.3 Å². The number of likely N-dealkylation sites (tertiary alicyclic amines) is 1. The predicted molar refractivity (Wildman–Crippen MR) is 140 cm³/mol. The number of ketones is 1. The summed E-state index contributed by atoms with van der Waals surface area (Å²) in [6.45, 7) is 3.08. The number of carboxylic acid groups (broad SMARTS) is 1. The number of amides is 1. The second-order valence-electron chi connectivity index (χ2n) is 9.16. The molecule has 8 nitrogen and oxygen atoms in total. The number of nitrogens with zero attached hydrogens (tertiary/aromatic N) is 1. The zero-order valence-corrected chi connectivity index (χ0v) is 20.6. The number of allylic oxidation sites excluding steroid dienone is 1. The molecule has 5 N–H and O–H groups in total. The van der Waals surface area contributed by atoms with Gasteiger partial charge in [-0.2, -0.15) is 0 Å². The van der Waals surface area contributed by atoms with Crippen molar-refractivity contribution in [2.75, 3.05) is 13.1 Å². The van der Waals surface area contributed by atoms with Crippen LogP contribution in [0.4, 0.5) is 0 Å². The van der Waals surface area contributed by atoms with Crippen molar-refractivity contribution in [3.8, 4) is 0 Å². The molecule has 0 unspecified atom stereocenters. The van der Waals surface area contributed by atoms with Gasteiger partial charge in [0, 0.05) is 43.1 Å². The summed E-state index contributed by atoms with van der Waals surface area (Å²) >= 11 is 0. The van der Waals surface area contributed by atoms with Crippen LogP contribution in [-0.2, 0) is 9.59 Å². The number of rotatable bonds is 11. The van der Waals surface area contributed by atoms with E-state index in [0.29, 0.717) is 49.2 Å². The van der Waals surface area contributed by atoms with Gasteiger partial charge in [0.2, 0.25) is 11.7 Å². The first-order chi connectivity index (χ1) is 17.3. The summed E-state index contributed by atoms with van der Waals surface area (Å²) in [6, 6.07) is 15.8. The molecule has 0 aliphatic carbocycles. The molecule has 1 aliphatic heterocycles. The largest absolute Gasteiger partial charge is 0.481 e. The molecule has 2 aromatic carbocycles. The molecular weight excluding hydrogens is 456 g/mol. The fraction of sp³-hybridized carbons (Fsp3) is 0.357. The van der Waals surface area contributed by atoms with E-state index in [1.54, 1.807) is 35.2 Å². The zero-order chi connectivity index (χ0) is 26.1. The standard InChI is InChI=1S/C28H34N4O4/c1-2-23(18-25(33)32-14-12-20(13-15-32)17-26(34)35)31-24(16-19-6-4-3-5-7-19)27(36)21-8-10-22(11-9-21)28(29)30/h3-11,16,20,23,31H,2,12-15,17-18H2,1H3,(H3,29,30)(H,34,35)/t23-/m1/s1. The van der Waals surface area contributed by atoms with Crippen LogP contribution in [0.3, 0.4) is 0 Å². The number of aliphatic carboxylic acids is 1. The fourth-order valence-electron chi connectivity index (χ4n) is 4.34. The van der Waals surface area contributed by atoms with E-state index < -0.39 is 5.97 Å². The number of Topliss-reactive ketones (excluding diaryl/α,β-unsaturated/α-hetero) is 1. The number of nitrogens with one attached hydrogen (secondary N) is 2. The Morgan fingerprint density at radius 2 is 1.69 bits per heavy atom. The molecule has 190 valence electrons. The number of carbonyl (C=O) groups excluding carboxylic acids is 2. The Labute approximate surface area is 211 Å². The summed E-state index contributed by atoms with van der Waals surface area (Å²) in [7, 11) is 0. The average molecular weight is 491 g/mol. The molecule has 1 aliphatic rings. The maximum atomic E-state index is 13.4. The lowest BCUT2D eigenvalue weighted by Gasteiger charge is -2.32. The van der Waals surface area contributed by atoms with Crippen LogP contribution in [0.15, 0.2) is 60.3 Å². The van der Waals surface area contributed by atoms with E-state index in [2.05, 4.69) is 5.32 Å². The molecule has 1 saturated heterocycles. The molecule has 1 atom stereocenters. The topological polar surface area (TPSA) is 137 Å². The van der Waals surface area contributed by atoms with Gasteiger partial charge in [-0.3, -0.25) is 19.8 Å². The molecule has 0 aromatic heterocycles. The minimum atomic E-state index is -0.798. The second kappa shape index (κ2) is 12.7. The lowest BCUT2D eigenvalue weighted by atomic mass is 9.93. The Bertz CT molecular complexity index is 1100. The van der Waals surface area contributed by atoms with Gasteiger partial charge in [0.15, 0.2) is 0 Å². The molecule has 0 saturated carbocycles. The monoisotopic (exact) mass is 490 g/mol. The van der Waals surface area contributed by atoms with Crippen LogP contribution in [0.5, 0.6) is 0 Å². The first kappa shape index (κ1) is 26.7. The molecule has 0 radical (unpaired) electrons. The summed E-state index contributed by atoms with van der Waals surface area (Å²) in [4.78, 5) is 39.2. The number of carboxylic acids is 1. The highest BCUT2D eigenvalue weighted by molar-refractivity contribution is 6.11. The Kier molecular flexibility index (Phi) is 9.39. The van der Waals surface area contributed by atoms with Crippen molar-refractivity contribution in [1.82, 2.24) is 10.2 Å². The minimum absolute atomic E-state index is 0.000413. The van der Waals surface area contributed by atoms with E-state index >= 15 is 0 Å². The highest BCUT2D eigenvalue weighted by Gasteiger charge is 2.26. The lowest BCUT2D eigenvalue weighted by molar-refractivity contribution is -0.138. The van der Waals surface area contributed by atoms with Crippen molar-refractivity contribution in [2.45, 2.75) is 45.1 Å². The van der Waals surface area contributed by atoms with Gasteiger partial charge >= 0.3 is 5.97 Å². The smallest absolute Gasteiger partial charge is 0.303 e. The molecule has 3 rings (SSSR count). The van der Waals surface area contributed by atoms with Gasteiger partial charge < -0.3 is 21.1 Å². The van der Waals surface area contributed by atoms with Crippen LogP contribution in [-0.4, -0.2) is 52.6 Å². The van der Waals surface area contributed by atoms with Crippen LogP contribution in [0.25, 0.3) is 6.08 Å². The van der Waals surface area contributed by atoms with E-state index in [-0.39, 0.29) is 42.3 Å². The highest BCUT2D eigenvalue weighted by Crippen LogP contribution is 2.22. The summed E-state index contributed by atoms with van der Waals surface area (Å²) in [6.07, 6.45) is 4.19. The molecule has 0 spiro atoms. The van der Waals surface area contributed by atoms with Gasteiger partial charge in [-0.25, -0.2) is 0 Å². The lowest BCUT2D eigenvalue weighted by Crippen LogP contribution is -2.42. The van der Waals surface area contributed by atoms with Gasteiger partial charge in [0.05, 0.1) is 5.70 Å². The van der Waals surface area contributed by atoms with Crippen LogP contribution in [0.2, 0.25) is 0 Å². The van der Waals surface area contributed by atoms with Crippen LogP contribution in [0, 0.1) is 11.3 Å². The Morgan fingerprint density at radius 3 is 2.25 bits per heavy atom. The molecular formula is C28H34N4O4. The average Bonchev–Trinajstić information content (AvgIpc) is 2.88. The summed E-state index contributed by atoms with van der Waals surface area (Å²) in [5, 5.41) is 19.9. The van der Waals surface area contributed by atoms with Gasteiger partial charge in [-0.05, 0) is 36.8 Å². The third-order valence-electron chi connectivity index (χ3n) is 6.52. The molecule has 1 amide bonds. The number of hydrogen-bond acceptors (Lipinski definition) is 5. The molecule has 1 fully saturated rings. The SMILES string of the molecule is CC[C@H](CC(=O)N1CCC(CC(=O)O)CC1)NC(=Cc1ccccc1)C(=O)c1ccc(C(=N)N)cc1. The molecule has 36 heavy (non-hydrogen) atoms. The summed E-state index contributed by atoms with van der Waals surface area (Å²) < 4.78 is 0. The number of nitrogens with two attached hydrogens (primary N) is 1. The molecule has 0 bridgehead atoms. The van der Waals surface area contributed by atoms with Crippen molar-refractivity contribution in [2.24, 2.45) is 11.7 Å². The van der Waals surface area contributed by atoms with Gasteiger partial charge in [0.1, 0.15) is 5.84 Å². The minimum Gasteiger partial charge on any atom is -0.481 e. The van der Waals surface area contributed by atoms with Gasteiger partial charge in [-0.1, -0.05) is 61.5 Å². The number of piperidine rings is 1. The number of hydrogen-bond donors (Lipinski definition) is 4. The van der Waals surface area contributed by atoms with E-state index in [4.69, 9.17) is 16.2 Å². The van der Waals surface area contributed by atoms with E-state index in [1.165, 1.54) is 0 Å². The fourth-order valence-corrected chi connectivity index (χ4v) is 4.34. The van der Waals surface area contributed by atoms with Crippen LogP contribution >= 0.6 is 0 Å². The molecule has 8 heteroatoms. The number of nitrogen functional groups attached to an aromatic ring is 1. The third kappa shape index (κ3) is 7.53. The number of amidine groups is 1. The first-order valence-corrected chi connectivity index (χ1v) is 12.3.